The van der Waals surface area contributed by atoms with Crippen LogP contribution in [0.25, 0.3) is 0 Å². The molecule has 0 aliphatic heterocycles. The van der Waals surface area contributed by atoms with Gasteiger partial charge in [-0.3, -0.25) is 4.99 Å². The molecule has 1 aromatic carbocycles. The second-order valence-corrected chi connectivity index (χ2v) is 3.94. The van der Waals surface area contributed by atoms with E-state index >= 15 is 0 Å². The van der Waals surface area contributed by atoms with E-state index in [4.69, 9.17) is 17.2 Å². The molecule has 0 aromatic heterocycles. The van der Waals surface area contributed by atoms with E-state index < -0.39 is 0 Å². The number of amidine groups is 1. The highest BCUT2D eigenvalue weighted by molar-refractivity contribution is 5.99. The van der Waals surface area contributed by atoms with Gasteiger partial charge in [0.15, 0.2) is 0 Å². The highest BCUT2D eigenvalue weighted by atomic mass is 14.9. The van der Waals surface area contributed by atoms with E-state index in [0.29, 0.717) is 23.3 Å². The van der Waals surface area contributed by atoms with Crippen molar-refractivity contribution in [3.63, 3.8) is 0 Å². The zero-order chi connectivity index (χ0) is 10.8. The molecule has 1 saturated carbocycles. The summed E-state index contributed by atoms with van der Waals surface area (Å²) in [5.41, 5.74) is 19.2. The number of rotatable bonds is 2. The summed E-state index contributed by atoms with van der Waals surface area (Å²) in [7, 11) is 0. The maximum Gasteiger partial charge on any atom is 0.125 e. The van der Waals surface area contributed by atoms with E-state index in [0.717, 1.165) is 18.4 Å². The first-order chi connectivity index (χ1) is 7.16. The minimum absolute atomic E-state index is 0.406. The number of aliphatic imine (C=N–C) groups is 1. The third kappa shape index (κ3) is 2.03. The number of benzene rings is 1. The molecule has 6 N–H and O–H groups in total. The van der Waals surface area contributed by atoms with Gasteiger partial charge in [-0.25, -0.2) is 0 Å². The van der Waals surface area contributed by atoms with Crippen LogP contribution in [0.3, 0.4) is 0 Å². The highest BCUT2D eigenvalue weighted by Crippen LogP contribution is 2.23. The van der Waals surface area contributed by atoms with Crippen molar-refractivity contribution in [2.45, 2.75) is 25.3 Å². The molecule has 1 aliphatic carbocycles. The van der Waals surface area contributed by atoms with Gasteiger partial charge in [-0.05, 0) is 37.5 Å². The van der Waals surface area contributed by atoms with Crippen molar-refractivity contribution >= 4 is 17.2 Å². The fourth-order valence-corrected chi connectivity index (χ4v) is 1.52. The fraction of sp³-hybridized carbons (Fsp3) is 0.364. The van der Waals surface area contributed by atoms with Crippen LogP contribution in [-0.2, 0) is 0 Å². The van der Waals surface area contributed by atoms with Gasteiger partial charge in [0.05, 0.1) is 17.4 Å². The summed E-state index contributed by atoms with van der Waals surface area (Å²) in [6.07, 6.45) is 3.54. The van der Waals surface area contributed by atoms with E-state index in [1.807, 2.05) is 6.07 Å². The lowest BCUT2D eigenvalue weighted by molar-refractivity contribution is 0.420. The van der Waals surface area contributed by atoms with Crippen molar-refractivity contribution in [3.05, 3.63) is 23.8 Å². The molecule has 2 rings (SSSR count). The number of hydrogen-bond acceptors (Lipinski definition) is 3. The Balaban J connectivity index is 2.20. The summed E-state index contributed by atoms with van der Waals surface area (Å²) < 4.78 is 0. The average molecular weight is 204 g/mol. The van der Waals surface area contributed by atoms with Crippen LogP contribution in [0.5, 0.6) is 0 Å². The Bertz CT molecular complexity index is 394. The van der Waals surface area contributed by atoms with E-state index in [-0.39, 0.29) is 0 Å². The largest absolute Gasteiger partial charge is 0.397 e. The molecular formula is C11H16N4. The quantitative estimate of drug-likeness (QED) is 0.383. The van der Waals surface area contributed by atoms with Crippen molar-refractivity contribution in [1.29, 1.82) is 0 Å². The van der Waals surface area contributed by atoms with Gasteiger partial charge in [0.25, 0.3) is 0 Å². The molecule has 1 aliphatic rings. The summed E-state index contributed by atoms with van der Waals surface area (Å²) in [6.45, 7) is 0. The van der Waals surface area contributed by atoms with Gasteiger partial charge >= 0.3 is 0 Å². The van der Waals surface area contributed by atoms with Crippen LogP contribution in [-0.4, -0.2) is 11.9 Å². The van der Waals surface area contributed by atoms with Crippen LogP contribution in [0.4, 0.5) is 11.4 Å². The van der Waals surface area contributed by atoms with Gasteiger partial charge in [-0.2, -0.15) is 0 Å². The molecule has 0 amide bonds. The Morgan fingerprint density at radius 2 is 1.93 bits per heavy atom. The number of nitrogen functional groups attached to an aromatic ring is 2. The molecule has 0 heterocycles. The molecule has 0 saturated heterocycles. The van der Waals surface area contributed by atoms with Gasteiger partial charge < -0.3 is 17.2 Å². The molecule has 0 atom stereocenters. The summed E-state index contributed by atoms with van der Waals surface area (Å²) in [5, 5.41) is 0. The number of nitrogens with zero attached hydrogens (tertiary/aromatic N) is 1. The standard InChI is InChI=1S/C11H16N4/c12-9-5-4-7(6-10(9)13)11(14)15-8-2-1-3-8/h4-6,8H,1-3,12-13H2,(H2,14,15). The monoisotopic (exact) mass is 204 g/mol. The van der Waals surface area contributed by atoms with Crippen LogP contribution < -0.4 is 17.2 Å². The van der Waals surface area contributed by atoms with Gasteiger partial charge in [0.2, 0.25) is 0 Å². The maximum absolute atomic E-state index is 5.88. The van der Waals surface area contributed by atoms with Gasteiger partial charge in [0, 0.05) is 5.56 Å². The maximum atomic E-state index is 5.88. The first kappa shape index (κ1) is 9.83. The second-order valence-electron chi connectivity index (χ2n) is 3.94. The Kier molecular flexibility index (Phi) is 2.49. The smallest absolute Gasteiger partial charge is 0.125 e. The molecule has 0 unspecified atom stereocenters. The van der Waals surface area contributed by atoms with Crippen LogP contribution in [0, 0.1) is 0 Å². The summed E-state index contributed by atoms with van der Waals surface area (Å²) in [4.78, 5) is 4.42. The minimum Gasteiger partial charge on any atom is -0.397 e. The van der Waals surface area contributed by atoms with Crippen molar-refractivity contribution in [2.24, 2.45) is 10.7 Å². The Labute approximate surface area is 89.2 Å². The minimum atomic E-state index is 0.406. The molecule has 80 valence electrons. The van der Waals surface area contributed by atoms with Gasteiger partial charge in [-0.15, -0.1) is 0 Å². The van der Waals surface area contributed by atoms with Crippen molar-refractivity contribution in [2.75, 3.05) is 11.5 Å². The molecule has 1 aromatic rings. The zero-order valence-electron chi connectivity index (χ0n) is 8.61. The zero-order valence-corrected chi connectivity index (χ0v) is 8.61. The number of nitrogens with two attached hydrogens (primary N) is 3. The van der Waals surface area contributed by atoms with E-state index in [9.17, 15) is 0 Å². The molecular weight excluding hydrogens is 188 g/mol. The SMILES string of the molecule is NC(=NC1CCC1)c1ccc(N)c(N)c1. The third-order valence-corrected chi connectivity index (χ3v) is 2.78. The molecule has 0 spiro atoms. The van der Waals surface area contributed by atoms with Crippen LogP contribution >= 0.6 is 0 Å². The predicted octanol–water partition coefficient (Wildman–Crippen LogP) is 1.11. The van der Waals surface area contributed by atoms with Crippen molar-refractivity contribution in [1.82, 2.24) is 0 Å². The van der Waals surface area contributed by atoms with Crippen LogP contribution in [0.2, 0.25) is 0 Å². The summed E-state index contributed by atoms with van der Waals surface area (Å²) >= 11 is 0. The van der Waals surface area contributed by atoms with Crippen LogP contribution in [0.1, 0.15) is 24.8 Å². The highest BCUT2D eigenvalue weighted by Gasteiger charge is 2.16. The predicted molar refractivity (Wildman–Crippen MR) is 63.6 cm³/mol. The van der Waals surface area contributed by atoms with Gasteiger partial charge in [-0.1, -0.05) is 0 Å². The lowest BCUT2D eigenvalue weighted by Gasteiger charge is -2.21. The first-order valence-corrected chi connectivity index (χ1v) is 5.15. The molecule has 15 heavy (non-hydrogen) atoms. The Morgan fingerprint density at radius 3 is 2.47 bits per heavy atom. The van der Waals surface area contributed by atoms with E-state index in [2.05, 4.69) is 4.99 Å². The molecule has 0 bridgehead atoms. The van der Waals surface area contributed by atoms with Crippen molar-refractivity contribution < 1.29 is 0 Å². The van der Waals surface area contributed by atoms with E-state index in [1.54, 1.807) is 12.1 Å². The van der Waals surface area contributed by atoms with Gasteiger partial charge in [0.1, 0.15) is 5.84 Å². The Hall–Kier alpha value is -1.71. The fourth-order valence-electron chi connectivity index (χ4n) is 1.52. The molecule has 0 radical (unpaired) electrons. The average Bonchev–Trinajstić information content (AvgIpc) is 2.15. The number of anilines is 2. The lowest BCUT2D eigenvalue weighted by atomic mass is 9.94. The third-order valence-electron chi connectivity index (χ3n) is 2.78. The molecule has 1 fully saturated rings. The number of hydrogen-bond donors (Lipinski definition) is 3. The summed E-state index contributed by atoms with van der Waals surface area (Å²) in [5.74, 6) is 0.561. The second kappa shape index (κ2) is 3.81. The molecule has 4 nitrogen and oxygen atoms in total. The molecule has 4 heteroatoms. The van der Waals surface area contributed by atoms with E-state index in [1.165, 1.54) is 6.42 Å². The topological polar surface area (TPSA) is 90.4 Å². The Morgan fingerprint density at radius 1 is 1.20 bits per heavy atom. The lowest BCUT2D eigenvalue weighted by Crippen LogP contribution is -2.22. The summed E-state index contributed by atoms with van der Waals surface area (Å²) in [6, 6.07) is 5.79. The van der Waals surface area contributed by atoms with Crippen LogP contribution in [0.15, 0.2) is 23.2 Å². The first-order valence-electron chi connectivity index (χ1n) is 5.15. The normalized spacial score (nSPS) is 17.5. The van der Waals surface area contributed by atoms with Crippen molar-refractivity contribution in [3.8, 4) is 0 Å².